The molecule has 1 N–H and O–H groups in total. The molecule has 0 fully saturated rings. The van der Waals surface area contributed by atoms with E-state index in [0.29, 0.717) is 11.4 Å². The molecule has 0 radical (unpaired) electrons. The average molecular weight is 272 g/mol. The number of amides is 1. The van der Waals surface area contributed by atoms with E-state index in [9.17, 15) is 4.79 Å². The van der Waals surface area contributed by atoms with Gasteiger partial charge in [-0.1, -0.05) is 41.4 Å². The first-order chi connectivity index (χ1) is 9.13. The third kappa shape index (κ3) is 2.36. The summed E-state index contributed by atoms with van der Waals surface area (Å²) in [5.74, 6) is -0.0887. The molecule has 0 saturated carbocycles. The van der Waals surface area contributed by atoms with Gasteiger partial charge in [0.2, 0.25) is 5.91 Å². The van der Waals surface area contributed by atoms with E-state index in [4.69, 9.17) is 11.6 Å². The standard InChI is InChI=1S/C16H14ClNO/c1-10-2-4-11(5-3-10)8-14-13-9-12(17)6-7-15(13)18-16(14)19/h2-7,9,14H,8H2,1H3,(H,18,19)/t14-/m1/s1. The van der Waals surface area contributed by atoms with Crippen molar-refractivity contribution in [3.05, 3.63) is 64.2 Å². The smallest absolute Gasteiger partial charge is 0.232 e. The summed E-state index contributed by atoms with van der Waals surface area (Å²) in [6, 6.07) is 13.8. The van der Waals surface area contributed by atoms with Crippen molar-refractivity contribution in [2.75, 3.05) is 5.32 Å². The molecular formula is C16H14ClNO. The Bertz CT molecular complexity index is 634. The molecule has 0 saturated heterocycles. The van der Waals surface area contributed by atoms with Crippen LogP contribution in [0.1, 0.15) is 22.6 Å². The van der Waals surface area contributed by atoms with Crippen LogP contribution in [0.5, 0.6) is 0 Å². The Morgan fingerprint density at radius 3 is 2.63 bits per heavy atom. The molecule has 2 aromatic rings. The van der Waals surface area contributed by atoms with Gasteiger partial charge in [-0.05, 0) is 42.7 Å². The van der Waals surface area contributed by atoms with Crippen LogP contribution in [0, 0.1) is 6.92 Å². The lowest BCUT2D eigenvalue weighted by atomic mass is 9.93. The molecular weight excluding hydrogens is 258 g/mol. The number of carbonyl (C=O) groups is 1. The maximum atomic E-state index is 12.1. The summed E-state index contributed by atoms with van der Waals surface area (Å²) in [7, 11) is 0. The van der Waals surface area contributed by atoms with Crippen LogP contribution >= 0.6 is 11.6 Å². The molecule has 1 aliphatic heterocycles. The first kappa shape index (κ1) is 12.2. The van der Waals surface area contributed by atoms with Gasteiger partial charge in [-0.3, -0.25) is 4.79 Å². The van der Waals surface area contributed by atoms with Gasteiger partial charge in [0.25, 0.3) is 0 Å². The zero-order valence-corrected chi connectivity index (χ0v) is 11.4. The minimum absolute atomic E-state index is 0.0536. The molecule has 1 aliphatic rings. The van der Waals surface area contributed by atoms with Crippen molar-refractivity contribution in [3.8, 4) is 0 Å². The van der Waals surface area contributed by atoms with E-state index < -0.39 is 0 Å². The summed E-state index contributed by atoms with van der Waals surface area (Å²) in [4.78, 5) is 12.1. The van der Waals surface area contributed by atoms with Gasteiger partial charge in [-0.2, -0.15) is 0 Å². The topological polar surface area (TPSA) is 29.1 Å². The van der Waals surface area contributed by atoms with Crippen molar-refractivity contribution < 1.29 is 4.79 Å². The lowest BCUT2D eigenvalue weighted by Crippen LogP contribution is -2.14. The summed E-state index contributed by atoms with van der Waals surface area (Å²) in [5, 5.41) is 3.58. The van der Waals surface area contributed by atoms with Crippen LogP contribution in [-0.4, -0.2) is 5.91 Å². The van der Waals surface area contributed by atoms with Crippen molar-refractivity contribution >= 4 is 23.2 Å². The Balaban J connectivity index is 1.91. The quantitative estimate of drug-likeness (QED) is 0.881. The van der Waals surface area contributed by atoms with Crippen LogP contribution in [-0.2, 0) is 11.2 Å². The van der Waals surface area contributed by atoms with E-state index in [-0.39, 0.29) is 11.8 Å². The van der Waals surface area contributed by atoms with Crippen molar-refractivity contribution in [2.45, 2.75) is 19.3 Å². The van der Waals surface area contributed by atoms with Crippen LogP contribution in [0.4, 0.5) is 5.69 Å². The third-order valence-corrected chi connectivity index (χ3v) is 3.76. The second kappa shape index (κ2) is 4.71. The number of hydrogen-bond acceptors (Lipinski definition) is 1. The number of rotatable bonds is 2. The normalized spacial score (nSPS) is 17.2. The number of benzene rings is 2. The molecule has 96 valence electrons. The molecule has 0 bridgehead atoms. The fourth-order valence-corrected chi connectivity index (χ4v) is 2.64. The zero-order valence-electron chi connectivity index (χ0n) is 10.6. The molecule has 3 rings (SSSR count). The van der Waals surface area contributed by atoms with Gasteiger partial charge in [0.15, 0.2) is 0 Å². The summed E-state index contributed by atoms with van der Waals surface area (Å²) < 4.78 is 0. The number of halogens is 1. The van der Waals surface area contributed by atoms with Crippen molar-refractivity contribution in [3.63, 3.8) is 0 Å². The molecule has 19 heavy (non-hydrogen) atoms. The summed E-state index contributed by atoms with van der Waals surface area (Å²) >= 11 is 6.02. The summed E-state index contributed by atoms with van der Waals surface area (Å²) in [6.07, 6.45) is 0.708. The van der Waals surface area contributed by atoms with Crippen molar-refractivity contribution in [2.24, 2.45) is 0 Å². The largest absolute Gasteiger partial charge is 0.325 e. The van der Waals surface area contributed by atoms with E-state index in [1.807, 2.05) is 12.1 Å². The number of aryl methyl sites for hydroxylation is 1. The fourth-order valence-electron chi connectivity index (χ4n) is 2.46. The predicted octanol–water partition coefficient (Wildman–Crippen LogP) is 3.93. The molecule has 0 unspecified atom stereocenters. The lowest BCUT2D eigenvalue weighted by molar-refractivity contribution is -0.117. The Morgan fingerprint density at radius 2 is 1.89 bits per heavy atom. The van der Waals surface area contributed by atoms with Crippen LogP contribution in [0.15, 0.2) is 42.5 Å². The van der Waals surface area contributed by atoms with Crippen molar-refractivity contribution in [1.82, 2.24) is 0 Å². The molecule has 3 heteroatoms. The van der Waals surface area contributed by atoms with Gasteiger partial charge in [-0.15, -0.1) is 0 Å². The molecule has 1 atom stereocenters. The van der Waals surface area contributed by atoms with E-state index in [2.05, 4.69) is 36.5 Å². The Morgan fingerprint density at radius 1 is 1.16 bits per heavy atom. The van der Waals surface area contributed by atoms with Gasteiger partial charge in [0, 0.05) is 10.7 Å². The number of hydrogen-bond donors (Lipinski definition) is 1. The van der Waals surface area contributed by atoms with Gasteiger partial charge in [0.05, 0.1) is 5.92 Å². The SMILES string of the molecule is Cc1ccc(C[C@H]2C(=O)Nc3ccc(Cl)cc32)cc1. The highest BCUT2D eigenvalue weighted by Gasteiger charge is 2.30. The molecule has 2 nitrogen and oxygen atoms in total. The van der Waals surface area contributed by atoms with Gasteiger partial charge < -0.3 is 5.32 Å². The molecule has 0 spiro atoms. The van der Waals surface area contributed by atoms with E-state index in [1.54, 1.807) is 6.07 Å². The van der Waals surface area contributed by atoms with Crippen LogP contribution in [0.25, 0.3) is 0 Å². The first-order valence-electron chi connectivity index (χ1n) is 6.29. The maximum Gasteiger partial charge on any atom is 0.232 e. The van der Waals surface area contributed by atoms with E-state index in [1.165, 1.54) is 11.1 Å². The van der Waals surface area contributed by atoms with Crippen molar-refractivity contribution in [1.29, 1.82) is 0 Å². The average Bonchev–Trinajstić information content (AvgIpc) is 2.69. The van der Waals surface area contributed by atoms with Crippen LogP contribution < -0.4 is 5.32 Å². The highest BCUT2D eigenvalue weighted by molar-refractivity contribution is 6.31. The van der Waals surface area contributed by atoms with Gasteiger partial charge in [0.1, 0.15) is 0 Å². The number of anilines is 1. The Hall–Kier alpha value is -1.80. The minimum Gasteiger partial charge on any atom is -0.325 e. The third-order valence-electron chi connectivity index (χ3n) is 3.52. The molecule has 1 amide bonds. The number of nitrogens with one attached hydrogen (secondary N) is 1. The lowest BCUT2D eigenvalue weighted by Gasteiger charge is -2.09. The molecule has 1 heterocycles. The minimum atomic E-state index is -0.142. The highest BCUT2D eigenvalue weighted by Crippen LogP contribution is 2.36. The van der Waals surface area contributed by atoms with E-state index in [0.717, 1.165) is 11.3 Å². The predicted molar refractivity (Wildman–Crippen MR) is 77.7 cm³/mol. The van der Waals surface area contributed by atoms with Crippen LogP contribution in [0.2, 0.25) is 5.02 Å². The molecule has 2 aromatic carbocycles. The number of fused-ring (bicyclic) bond motifs is 1. The van der Waals surface area contributed by atoms with Gasteiger partial charge >= 0.3 is 0 Å². The highest BCUT2D eigenvalue weighted by atomic mass is 35.5. The maximum absolute atomic E-state index is 12.1. The first-order valence-corrected chi connectivity index (χ1v) is 6.67. The second-order valence-corrected chi connectivity index (χ2v) is 5.40. The van der Waals surface area contributed by atoms with Gasteiger partial charge in [-0.25, -0.2) is 0 Å². The summed E-state index contributed by atoms with van der Waals surface area (Å²) in [6.45, 7) is 2.06. The zero-order chi connectivity index (χ0) is 13.4. The summed E-state index contributed by atoms with van der Waals surface area (Å²) in [5.41, 5.74) is 4.27. The van der Waals surface area contributed by atoms with E-state index >= 15 is 0 Å². The molecule has 0 aliphatic carbocycles. The second-order valence-electron chi connectivity index (χ2n) is 4.96. The van der Waals surface area contributed by atoms with Crippen LogP contribution in [0.3, 0.4) is 0 Å². The Labute approximate surface area is 117 Å². The Kier molecular flexibility index (Phi) is 3.03. The number of carbonyl (C=O) groups excluding carboxylic acids is 1. The monoisotopic (exact) mass is 271 g/mol. The fraction of sp³-hybridized carbons (Fsp3) is 0.188. The molecule has 0 aromatic heterocycles.